The second-order valence-electron chi connectivity index (χ2n) is 11.0. The van der Waals surface area contributed by atoms with Crippen molar-refractivity contribution in [3.05, 3.63) is 94.5 Å². The molecule has 0 spiro atoms. The van der Waals surface area contributed by atoms with Gasteiger partial charge in [0.1, 0.15) is 12.6 Å². The second kappa shape index (κ2) is 12.9. The molecule has 9 heteroatoms. The lowest BCUT2D eigenvalue weighted by molar-refractivity contribution is -0.141. The van der Waals surface area contributed by atoms with Crippen molar-refractivity contribution in [2.45, 2.75) is 71.0 Å². The lowest BCUT2D eigenvalue weighted by Gasteiger charge is -2.34. The molecule has 7 nitrogen and oxygen atoms in total. The first kappa shape index (κ1) is 31.2. The fourth-order valence-electron chi connectivity index (χ4n) is 4.35. The first-order valence-corrected chi connectivity index (χ1v) is 15.0. The van der Waals surface area contributed by atoms with Crippen molar-refractivity contribution in [3.8, 4) is 0 Å². The Morgan fingerprint density at radius 2 is 1.55 bits per heavy atom. The Morgan fingerprint density at radius 1 is 0.925 bits per heavy atom. The second-order valence-corrected chi connectivity index (χ2v) is 13.3. The van der Waals surface area contributed by atoms with Crippen LogP contribution in [0, 0.1) is 13.8 Å². The number of halogens is 1. The molecule has 0 heterocycles. The Hall–Kier alpha value is -3.36. The van der Waals surface area contributed by atoms with E-state index in [-0.39, 0.29) is 17.3 Å². The van der Waals surface area contributed by atoms with Crippen molar-refractivity contribution >= 4 is 39.1 Å². The lowest BCUT2D eigenvalue weighted by Crippen LogP contribution is -2.55. The first-order chi connectivity index (χ1) is 18.7. The van der Waals surface area contributed by atoms with Crippen LogP contribution >= 0.6 is 11.6 Å². The van der Waals surface area contributed by atoms with Gasteiger partial charge in [-0.1, -0.05) is 66.0 Å². The minimum atomic E-state index is -4.13. The average molecular weight is 584 g/mol. The van der Waals surface area contributed by atoms with E-state index in [1.54, 1.807) is 36.4 Å². The van der Waals surface area contributed by atoms with Gasteiger partial charge in [0.05, 0.1) is 10.6 Å². The highest BCUT2D eigenvalue weighted by atomic mass is 35.5. The number of aryl methyl sites for hydroxylation is 2. The SMILES string of the molecule is CC[C@@H](C(=O)NC(C)(C)C)N(Cc1cccc(C)c1)C(=O)CN(c1ccc(Cl)cc1)S(=O)(=O)c1ccc(C)cc1. The quantitative estimate of drug-likeness (QED) is 0.323. The van der Waals surface area contributed by atoms with Crippen molar-refractivity contribution in [1.82, 2.24) is 10.2 Å². The van der Waals surface area contributed by atoms with Gasteiger partial charge in [-0.2, -0.15) is 0 Å². The Labute approximate surface area is 243 Å². The number of nitrogens with one attached hydrogen (secondary N) is 1. The van der Waals surface area contributed by atoms with Crippen LogP contribution in [0.25, 0.3) is 0 Å². The molecule has 0 aliphatic rings. The number of anilines is 1. The number of benzene rings is 3. The van der Waals surface area contributed by atoms with E-state index in [9.17, 15) is 18.0 Å². The maximum atomic E-state index is 14.1. The molecule has 40 heavy (non-hydrogen) atoms. The minimum Gasteiger partial charge on any atom is -0.350 e. The molecule has 0 unspecified atom stereocenters. The summed E-state index contributed by atoms with van der Waals surface area (Å²) in [6.45, 7) is 10.9. The van der Waals surface area contributed by atoms with Gasteiger partial charge < -0.3 is 10.2 Å². The van der Waals surface area contributed by atoms with Gasteiger partial charge in [-0.05, 0) is 83.0 Å². The Bertz CT molecular complexity index is 1430. The zero-order valence-corrected chi connectivity index (χ0v) is 25.5. The summed E-state index contributed by atoms with van der Waals surface area (Å²) in [5.74, 6) is -0.793. The zero-order valence-electron chi connectivity index (χ0n) is 23.9. The Kier molecular flexibility index (Phi) is 10.0. The van der Waals surface area contributed by atoms with E-state index in [2.05, 4.69) is 5.32 Å². The van der Waals surface area contributed by atoms with E-state index in [1.807, 2.05) is 65.8 Å². The Morgan fingerprint density at radius 3 is 2.10 bits per heavy atom. The monoisotopic (exact) mass is 583 g/mol. The molecular weight excluding hydrogens is 546 g/mol. The van der Waals surface area contributed by atoms with Crippen LogP contribution < -0.4 is 9.62 Å². The number of hydrogen-bond acceptors (Lipinski definition) is 4. The average Bonchev–Trinajstić information content (AvgIpc) is 2.87. The van der Waals surface area contributed by atoms with Gasteiger partial charge in [0.2, 0.25) is 11.8 Å². The molecule has 214 valence electrons. The van der Waals surface area contributed by atoms with Crippen LogP contribution in [-0.4, -0.2) is 43.3 Å². The molecule has 3 aromatic carbocycles. The predicted molar refractivity (Wildman–Crippen MR) is 161 cm³/mol. The van der Waals surface area contributed by atoms with Crippen molar-refractivity contribution in [3.63, 3.8) is 0 Å². The lowest BCUT2D eigenvalue weighted by atomic mass is 10.0. The smallest absolute Gasteiger partial charge is 0.264 e. The number of nitrogens with zero attached hydrogens (tertiary/aromatic N) is 2. The van der Waals surface area contributed by atoms with E-state index in [4.69, 9.17) is 11.6 Å². The molecule has 1 N–H and O–H groups in total. The van der Waals surface area contributed by atoms with Gasteiger partial charge in [0, 0.05) is 17.1 Å². The molecule has 0 radical (unpaired) electrons. The highest BCUT2D eigenvalue weighted by molar-refractivity contribution is 7.92. The number of rotatable bonds is 10. The third kappa shape index (κ3) is 8.08. The van der Waals surface area contributed by atoms with E-state index in [1.165, 1.54) is 17.0 Å². The summed E-state index contributed by atoms with van der Waals surface area (Å²) in [5, 5.41) is 3.41. The van der Waals surface area contributed by atoms with E-state index in [0.29, 0.717) is 17.1 Å². The molecule has 0 aromatic heterocycles. The molecule has 3 aromatic rings. The molecule has 0 saturated heterocycles. The summed E-state index contributed by atoms with van der Waals surface area (Å²) >= 11 is 6.08. The van der Waals surface area contributed by atoms with E-state index < -0.39 is 34.1 Å². The predicted octanol–water partition coefficient (Wildman–Crippen LogP) is 5.87. The van der Waals surface area contributed by atoms with Gasteiger partial charge in [0.25, 0.3) is 10.0 Å². The molecule has 0 aliphatic heterocycles. The van der Waals surface area contributed by atoms with Gasteiger partial charge in [-0.3, -0.25) is 13.9 Å². The summed E-state index contributed by atoms with van der Waals surface area (Å²) in [5.41, 5.74) is 2.55. The van der Waals surface area contributed by atoms with Crippen molar-refractivity contribution in [2.75, 3.05) is 10.8 Å². The summed E-state index contributed by atoms with van der Waals surface area (Å²) in [6, 6.07) is 19.6. The number of hydrogen-bond donors (Lipinski definition) is 1. The summed E-state index contributed by atoms with van der Waals surface area (Å²) in [6.07, 6.45) is 0.352. The molecule has 2 amide bonds. The highest BCUT2D eigenvalue weighted by Crippen LogP contribution is 2.26. The topological polar surface area (TPSA) is 86.8 Å². The van der Waals surface area contributed by atoms with Crippen molar-refractivity contribution in [2.24, 2.45) is 0 Å². The zero-order chi connectivity index (χ0) is 29.7. The summed E-state index contributed by atoms with van der Waals surface area (Å²) < 4.78 is 28.9. The van der Waals surface area contributed by atoms with Crippen LogP contribution in [-0.2, 0) is 26.2 Å². The molecular formula is C31H38ClN3O4S. The van der Waals surface area contributed by atoms with Crippen molar-refractivity contribution < 1.29 is 18.0 Å². The fourth-order valence-corrected chi connectivity index (χ4v) is 5.89. The number of sulfonamides is 1. The number of carbonyl (C=O) groups excluding carboxylic acids is 2. The van der Waals surface area contributed by atoms with Crippen LogP contribution in [0.3, 0.4) is 0 Å². The molecule has 1 atom stereocenters. The standard InChI is InChI=1S/C31H38ClN3O4S/c1-7-28(30(37)33-31(4,5)6)34(20-24-10-8-9-23(3)19-24)29(36)21-35(26-15-13-25(32)14-16-26)40(38,39)27-17-11-22(2)12-18-27/h8-19,28H,7,20-21H2,1-6H3,(H,33,37)/t28-/m0/s1. The minimum absolute atomic E-state index is 0.0589. The molecule has 0 bridgehead atoms. The van der Waals surface area contributed by atoms with E-state index >= 15 is 0 Å². The van der Waals surface area contributed by atoms with Gasteiger partial charge >= 0.3 is 0 Å². The Balaban J connectivity index is 2.07. The highest BCUT2D eigenvalue weighted by Gasteiger charge is 2.34. The van der Waals surface area contributed by atoms with Crippen LogP contribution in [0.1, 0.15) is 50.8 Å². The normalized spacial score (nSPS) is 12.5. The molecule has 0 aliphatic carbocycles. The fraction of sp³-hybridized carbons (Fsp3) is 0.355. The maximum Gasteiger partial charge on any atom is 0.264 e. The van der Waals surface area contributed by atoms with Crippen molar-refractivity contribution in [1.29, 1.82) is 0 Å². The summed E-state index contributed by atoms with van der Waals surface area (Å²) in [4.78, 5) is 29.0. The van der Waals surface area contributed by atoms with Crippen LogP contribution in [0.2, 0.25) is 5.02 Å². The van der Waals surface area contributed by atoms with Gasteiger partial charge in [-0.25, -0.2) is 8.42 Å². The molecule has 0 saturated carbocycles. The largest absolute Gasteiger partial charge is 0.350 e. The molecule has 3 rings (SSSR count). The maximum absolute atomic E-state index is 14.1. The van der Waals surface area contributed by atoms with Crippen LogP contribution in [0.4, 0.5) is 5.69 Å². The van der Waals surface area contributed by atoms with E-state index in [0.717, 1.165) is 21.0 Å². The first-order valence-electron chi connectivity index (χ1n) is 13.2. The van der Waals surface area contributed by atoms with Crippen LogP contribution in [0.15, 0.2) is 77.7 Å². The van der Waals surface area contributed by atoms with Gasteiger partial charge in [-0.15, -0.1) is 0 Å². The summed E-state index contributed by atoms with van der Waals surface area (Å²) in [7, 11) is -4.13. The third-order valence-electron chi connectivity index (χ3n) is 6.32. The number of carbonyl (C=O) groups is 2. The van der Waals surface area contributed by atoms with Crippen LogP contribution in [0.5, 0.6) is 0 Å². The number of amides is 2. The third-order valence-corrected chi connectivity index (χ3v) is 8.36. The molecule has 0 fully saturated rings. The van der Waals surface area contributed by atoms with Gasteiger partial charge in [0.15, 0.2) is 0 Å².